The van der Waals surface area contributed by atoms with Crippen molar-refractivity contribution in [2.24, 2.45) is 0 Å². The van der Waals surface area contributed by atoms with E-state index in [1.807, 2.05) is 30.3 Å². The lowest BCUT2D eigenvalue weighted by atomic mass is 10.2. The van der Waals surface area contributed by atoms with Gasteiger partial charge in [-0.15, -0.1) is 0 Å². The highest BCUT2D eigenvalue weighted by atomic mass is 31.1. The van der Waals surface area contributed by atoms with E-state index in [4.69, 9.17) is 9.84 Å². The van der Waals surface area contributed by atoms with Crippen molar-refractivity contribution in [1.29, 1.82) is 0 Å². The number of rotatable bonds is 5. The molecule has 0 aliphatic rings. The molecule has 0 saturated carbocycles. The van der Waals surface area contributed by atoms with Crippen molar-refractivity contribution in [3.05, 3.63) is 35.9 Å². The van der Waals surface area contributed by atoms with Crippen molar-refractivity contribution in [3.8, 4) is 0 Å². The van der Waals surface area contributed by atoms with Crippen molar-refractivity contribution in [1.82, 2.24) is 0 Å². The molecule has 2 atom stereocenters. The van der Waals surface area contributed by atoms with Gasteiger partial charge >= 0.3 is 14.4 Å². The summed E-state index contributed by atoms with van der Waals surface area (Å²) in [6.07, 6.45) is 0. The van der Waals surface area contributed by atoms with Crippen LogP contribution in [-0.4, -0.2) is 23.3 Å². The molecule has 0 radical (unpaired) electrons. The van der Waals surface area contributed by atoms with E-state index in [-0.39, 0.29) is 6.61 Å². The molecule has 1 aromatic carbocycles. The first-order chi connectivity index (χ1) is 7.27. The van der Waals surface area contributed by atoms with E-state index in [9.17, 15) is 9.36 Å². The van der Waals surface area contributed by atoms with Crippen LogP contribution in [-0.2, 0) is 20.7 Å². The van der Waals surface area contributed by atoms with E-state index in [1.165, 1.54) is 0 Å². The molecule has 1 rings (SSSR count). The summed E-state index contributed by atoms with van der Waals surface area (Å²) >= 11 is 0. The van der Waals surface area contributed by atoms with Crippen LogP contribution in [0.2, 0.25) is 0 Å². The number of hydrogen-bond donors (Lipinski definition) is 1. The molecule has 4 nitrogen and oxygen atoms in total. The minimum Gasteiger partial charge on any atom is -0.457 e. The number of aliphatic hydroxyl groups is 1. The molecule has 80 valence electrons. The van der Waals surface area contributed by atoms with Crippen LogP contribution < -0.4 is 0 Å². The molecule has 0 aliphatic carbocycles. The number of benzene rings is 1. The molecule has 15 heavy (non-hydrogen) atoms. The number of carbonyl (C=O) groups excluding carboxylic acids is 1. The molecule has 0 fully saturated rings. The lowest BCUT2D eigenvalue weighted by Gasteiger charge is -2.04. The van der Waals surface area contributed by atoms with Crippen molar-refractivity contribution in [2.75, 3.05) is 6.61 Å². The quantitative estimate of drug-likeness (QED) is 0.604. The second kappa shape index (κ2) is 6.27. The summed E-state index contributed by atoms with van der Waals surface area (Å²) in [7, 11) is -0.878. The molecule has 0 aliphatic heterocycles. The van der Waals surface area contributed by atoms with Gasteiger partial charge in [0.25, 0.3) is 5.66 Å². The van der Waals surface area contributed by atoms with Crippen molar-refractivity contribution in [3.63, 3.8) is 0 Å². The van der Waals surface area contributed by atoms with Gasteiger partial charge in [-0.1, -0.05) is 34.9 Å². The highest BCUT2D eigenvalue weighted by Gasteiger charge is 2.26. The fraction of sp³-hybridized carbons (Fsp3) is 0.300. The van der Waals surface area contributed by atoms with E-state index >= 15 is 0 Å². The monoisotopic (exact) mass is 227 g/mol. The largest absolute Gasteiger partial charge is 0.457 e. The first-order valence-electron chi connectivity index (χ1n) is 4.47. The Morgan fingerprint density at radius 3 is 2.60 bits per heavy atom. The molecular weight excluding hydrogens is 215 g/mol. The number of esters is 1. The average Bonchev–Trinajstić information content (AvgIpc) is 2.29. The number of aliphatic hydroxyl groups excluding tert-OH is 1. The zero-order chi connectivity index (χ0) is 11.1. The third kappa shape index (κ3) is 3.78. The van der Waals surface area contributed by atoms with Gasteiger partial charge < -0.3 is 9.84 Å². The Balaban J connectivity index is 2.44. The molecule has 5 heteroatoms. The summed E-state index contributed by atoms with van der Waals surface area (Å²) in [5.41, 5.74) is -0.0644. The van der Waals surface area contributed by atoms with E-state index in [0.29, 0.717) is 0 Å². The Kier molecular flexibility index (Phi) is 4.95. The van der Waals surface area contributed by atoms with Gasteiger partial charge in [0, 0.05) is 0 Å². The highest BCUT2D eigenvalue weighted by Crippen LogP contribution is 2.09. The Morgan fingerprint density at radius 1 is 1.40 bits per heavy atom. The van der Waals surface area contributed by atoms with Gasteiger partial charge in [0.15, 0.2) is 0 Å². The van der Waals surface area contributed by atoms with E-state index in [0.717, 1.165) is 5.56 Å². The Hall–Kier alpha value is -1.25. The van der Waals surface area contributed by atoms with Crippen molar-refractivity contribution < 1.29 is 19.2 Å². The summed E-state index contributed by atoms with van der Waals surface area (Å²) in [6, 6.07) is 9.17. The smallest absolute Gasteiger partial charge is 0.360 e. The maximum atomic E-state index is 11.2. The zero-order valence-electron chi connectivity index (χ0n) is 8.05. The standard InChI is InChI=1S/C10H11O4P/c11-6-9(15-13)10(12)14-7-8-4-2-1-3-5-8/h1-5,9,11H,6-7H2/p+1. The number of hydrogen-bond acceptors (Lipinski definition) is 4. The molecule has 0 aromatic heterocycles. The van der Waals surface area contributed by atoms with Gasteiger partial charge in [0.1, 0.15) is 13.2 Å². The van der Waals surface area contributed by atoms with Crippen LogP contribution in [0, 0.1) is 0 Å². The topological polar surface area (TPSA) is 63.6 Å². The zero-order valence-corrected chi connectivity index (χ0v) is 9.05. The van der Waals surface area contributed by atoms with E-state index in [1.54, 1.807) is 0 Å². The van der Waals surface area contributed by atoms with E-state index < -0.39 is 26.7 Å². The summed E-state index contributed by atoms with van der Waals surface area (Å²) in [5.74, 6) is -0.630. The minimum absolute atomic E-state index is 0.140. The molecule has 1 aromatic rings. The molecule has 0 spiro atoms. The average molecular weight is 227 g/mol. The van der Waals surface area contributed by atoms with Crippen LogP contribution in [0.5, 0.6) is 0 Å². The lowest BCUT2D eigenvalue weighted by Crippen LogP contribution is -2.21. The summed E-state index contributed by atoms with van der Waals surface area (Å²) in [5, 5.41) is 8.70. The van der Waals surface area contributed by atoms with E-state index in [2.05, 4.69) is 0 Å². The summed E-state index contributed by atoms with van der Waals surface area (Å²) < 4.78 is 15.4. The molecule has 2 unspecified atom stereocenters. The van der Waals surface area contributed by atoms with Crippen LogP contribution in [0.1, 0.15) is 5.56 Å². The normalized spacial score (nSPS) is 12.3. The number of ether oxygens (including phenoxy) is 1. The van der Waals surface area contributed by atoms with Crippen LogP contribution in [0.4, 0.5) is 0 Å². The summed E-state index contributed by atoms with van der Waals surface area (Å²) in [6.45, 7) is -0.309. The summed E-state index contributed by atoms with van der Waals surface area (Å²) in [4.78, 5) is 11.2. The maximum absolute atomic E-state index is 11.2. The predicted octanol–water partition coefficient (Wildman–Crippen LogP) is 1.11. The fourth-order valence-electron chi connectivity index (χ4n) is 0.989. The van der Waals surface area contributed by atoms with Crippen LogP contribution >= 0.6 is 8.46 Å². The molecule has 0 heterocycles. The lowest BCUT2D eigenvalue weighted by molar-refractivity contribution is -0.145. The van der Waals surface area contributed by atoms with Gasteiger partial charge in [-0.25, -0.2) is 4.79 Å². The maximum Gasteiger partial charge on any atom is 0.360 e. The third-order valence-corrected chi connectivity index (χ3v) is 2.54. The first kappa shape index (κ1) is 11.8. The molecule has 0 saturated heterocycles. The SMILES string of the molecule is O=[PH+]C(CO)C(=O)OCc1ccccc1. The molecule has 0 amide bonds. The Labute approximate surface area is 89.1 Å². The first-order valence-corrected chi connectivity index (χ1v) is 5.45. The van der Waals surface area contributed by atoms with Gasteiger partial charge in [0.2, 0.25) is 0 Å². The molecule has 0 bridgehead atoms. The highest BCUT2D eigenvalue weighted by molar-refractivity contribution is 7.26. The van der Waals surface area contributed by atoms with Gasteiger partial charge in [0.05, 0.1) is 0 Å². The second-order valence-corrected chi connectivity index (χ2v) is 3.88. The molecular formula is C10H12O4P+. The van der Waals surface area contributed by atoms with Crippen LogP contribution in [0.25, 0.3) is 0 Å². The van der Waals surface area contributed by atoms with Crippen molar-refractivity contribution >= 4 is 14.4 Å². The van der Waals surface area contributed by atoms with Crippen LogP contribution in [0.3, 0.4) is 0 Å². The minimum atomic E-state index is -0.922. The van der Waals surface area contributed by atoms with Gasteiger partial charge in [-0.3, -0.25) is 0 Å². The Morgan fingerprint density at radius 2 is 2.07 bits per heavy atom. The van der Waals surface area contributed by atoms with Gasteiger partial charge in [-0.2, -0.15) is 0 Å². The molecule has 1 N–H and O–H groups in total. The van der Waals surface area contributed by atoms with Gasteiger partial charge in [-0.05, 0) is 5.56 Å². The Bertz CT molecular complexity index is 325. The second-order valence-electron chi connectivity index (χ2n) is 2.95. The van der Waals surface area contributed by atoms with Crippen molar-refractivity contribution in [2.45, 2.75) is 12.3 Å². The number of carbonyl (C=O) groups is 1. The third-order valence-electron chi connectivity index (χ3n) is 1.83. The van der Waals surface area contributed by atoms with Crippen LogP contribution in [0.15, 0.2) is 30.3 Å². The predicted molar refractivity (Wildman–Crippen MR) is 56.1 cm³/mol. The fourth-order valence-corrected chi connectivity index (χ4v) is 1.24.